The van der Waals surface area contributed by atoms with Crippen molar-refractivity contribution in [1.29, 1.82) is 0 Å². The molecule has 2 rings (SSSR count). The molecule has 2 aromatic rings. The van der Waals surface area contributed by atoms with Crippen LogP contribution in [0.3, 0.4) is 0 Å². The molecule has 1 aromatic carbocycles. The minimum absolute atomic E-state index is 0.313. The number of carbonyl (C=O) groups is 1. The van der Waals surface area contributed by atoms with Crippen molar-refractivity contribution in [3.05, 3.63) is 52.3 Å². The molecule has 6 nitrogen and oxygen atoms in total. The van der Waals surface area contributed by atoms with E-state index in [1.807, 2.05) is 24.7 Å². The quantitative estimate of drug-likeness (QED) is 0.804. The Bertz CT molecular complexity index is 710. The summed E-state index contributed by atoms with van der Waals surface area (Å²) in [5.74, 6) is -0.903. The molecule has 0 aliphatic rings. The van der Waals surface area contributed by atoms with E-state index in [-0.39, 0.29) is 0 Å². The van der Waals surface area contributed by atoms with E-state index in [9.17, 15) is 4.79 Å². The van der Waals surface area contributed by atoms with Crippen molar-refractivity contribution in [3.63, 3.8) is 0 Å². The van der Waals surface area contributed by atoms with E-state index >= 15 is 0 Å². The van der Waals surface area contributed by atoms with Crippen molar-refractivity contribution in [3.8, 4) is 0 Å². The minimum Gasteiger partial charge on any atom is -0.478 e. The van der Waals surface area contributed by atoms with Gasteiger partial charge in [0.25, 0.3) is 0 Å². The van der Waals surface area contributed by atoms with Crippen molar-refractivity contribution in [2.24, 2.45) is 7.05 Å². The van der Waals surface area contributed by atoms with Gasteiger partial charge in [0.1, 0.15) is 0 Å². The van der Waals surface area contributed by atoms with Crippen LogP contribution in [0.25, 0.3) is 0 Å². The molecule has 0 aliphatic heterocycles. The Morgan fingerprint density at radius 1 is 1.33 bits per heavy atom. The summed E-state index contributed by atoms with van der Waals surface area (Å²) in [6.07, 6.45) is 0. The predicted molar refractivity (Wildman–Crippen MR) is 92.1 cm³/mol. The van der Waals surface area contributed by atoms with E-state index in [1.165, 1.54) is 5.56 Å². The molecule has 1 heterocycles. The largest absolute Gasteiger partial charge is 0.478 e. The van der Waals surface area contributed by atoms with Crippen molar-refractivity contribution in [1.82, 2.24) is 14.7 Å². The molecule has 0 unspecified atom stereocenters. The zero-order chi connectivity index (χ0) is 17.7. The highest BCUT2D eigenvalue weighted by Gasteiger charge is 2.15. The van der Waals surface area contributed by atoms with Crippen molar-refractivity contribution in [2.45, 2.75) is 26.9 Å². The highest BCUT2D eigenvalue weighted by Crippen LogP contribution is 2.17. The lowest BCUT2D eigenvalue weighted by atomic mass is 10.1. The molecule has 0 atom stereocenters. The van der Waals surface area contributed by atoms with E-state index in [0.717, 1.165) is 30.0 Å². The van der Waals surface area contributed by atoms with E-state index in [0.29, 0.717) is 18.7 Å². The lowest BCUT2D eigenvalue weighted by molar-refractivity contribution is 0.0696. The fourth-order valence-corrected chi connectivity index (χ4v) is 2.77. The molecule has 0 aliphatic carbocycles. The molecule has 0 spiro atoms. The van der Waals surface area contributed by atoms with Gasteiger partial charge in [-0.2, -0.15) is 5.10 Å². The molecule has 0 radical (unpaired) electrons. The van der Waals surface area contributed by atoms with Crippen molar-refractivity contribution in [2.75, 3.05) is 20.3 Å². The molecule has 6 heteroatoms. The Kier molecular flexibility index (Phi) is 6.11. The SMILES string of the molecule is COCCN(Cc1cccc(C(=O)O)c1)Cc1c(C)nn(C)c1C. The van der Waals surface area contributed by atoms with Crippen LogP contribution in [0.5, 0.6) is 0 Å². The van der Waals surface area contributed by atoms with Crippen LogP contribution in [-0.2, 0) is 24.9 Å². The number of methoxy groups -OCH3 is 1. The number of hydrogen-bond acceptors (Lipinski definition) is 4. The summed E-state index contributed by atoms with van der Waals surface area (Å²) in [6, 6.07) is 7.08. The van der Waals surface area contributed by atoms with Crippen LogP contribution in [0.2, 0.25) is 0 Å². The number of ether oxygens (including phenoxy) is 1. The highest BCUT2D eigenvalue weighted by molar-refractivity contribution is 5.87. The zero-order valence-electron chi connectivity index (χ0n) is 14.7. The minimum atomic E-state index is -0.903. The summed E-state index contributed by atoms with van der Waals surface area (Å²) in [5, 5.41) is 13.6. The number of nitrogens with zero attached hydrogens (tertiary/aromatic N) is 3. The smallest absolute Gasteiger partial charge is 0.335 e. The Morgan fingerprint density at radius 3 is 2.67 bits per heavy atom. The third-order valence-electron chi connectivity index (χ3n) is 4.23. The second-order valence-electron chi connectivity index (χ2n) is 5.98. The third-order valence-corrected chi connectivity index (χ3v) is 4.23. The van der Waals surface area contributed by atoms with Gasteiger partial charge in [-0.15, -0.1) is 0 Å². The Balaban J connectivity index is 2.19. The Labute approximate surface area is 142 Å². The maximum absolute atomic E-state index is 11.1. The number of carboxylic acid groups (broad SMARTS) is 1. The summed E-state index contributed by atoms with van der Waals surface area (Å²) in [6.45, 7) is 6.89. The molecule has 0 bridgehead atoms. The van der Waals surface area contributed by atoms with Gasteiger partial charge in [-0.05, 0) is 31.5 Å². The Hall–Kier alpha value is -2.18. The molecule has 0 fully saturated rings. The number of aryl methyl sites for hydroxylation is 2. The van der Waals surface area contributed by atoms with Crippen LogP contribution in [0.15, 0.2) is 24.3 Å². The molecule has 1 N–H and O–H groups in total. The van der Waals surface area contributed by atoms with Crippen molar-refractivity contribution >= 4 is 5.97 Å². The summed E-state index contributed by atoms with van der Waals surface area (Å²) in [7, 11) is 3.63. The van der Waals surface area contributed by atoms with Crippen LogP contribution in [-0.4, -0.2) is 46.0 Å². The van der Waals surface area contributed by atoms with E-state index < -0.39 is 5.97 Å². The lowest BCUT2D eigenvalue weighted by Gasteiger charge is -2.22. The van der Waals surface area contributed by atoms with E-state index in [2.05, 4.69) is 16.9 Å². The second kappa shape index (κ2) is 8.08. The summed E-state index contributed by atoms with van der Waals surface area (Å²) in [5.41, 5.74) is 4.67. The van der Waals surface area contributed by atoms with Crippen molar-refractivity contribution < 1.29 is 14.6 Å². The number of rotatable bonds is 8. The predicted octanol–water partition coefficient (Wildman–Crippen LogP) is 2.38. The summed E-state index contributed by atoms with van der Waals surface area (Å²) in [4.78, 5) is 13.4. The first-order chi connectivity index (χ1) is 11.4. The van der Waals surface area contributed by atoms with Gasteiger partial charge in [0.2, 0.25) is 0 Å². The third kappa shape index (κ3) is 4.43. The van der Waals surface area contributed by atoms with Crippen LogP contribution < -0.4 is 0 Å². The fraction of sp³-hybridized carbons (Fsp3) is 0.444. The van der Waals surface area contributed by atoms with Gasteiger partial charge < -0.3 is 9.84 Å². The molecule has 0 saturated carbocycles. The lowest BCUT2D eigenvalue weighted by Crippen LogP contribution is -2.27. The number of aromatic nitrogens is 2. The molecule has 1 aromatic heterocycles. The first kappa shape index (κ1) is 18.2. The van der Waals surface area contributed by atoms with Gasteiger partial charge in [0.05, 0.1) is 17.9 Å². The zero-order valence-corrected chi connectivity index (χ0v) is 14.7. The van der Waals surface area contributed by atoms with Crippen LogP contribution in [0.4, 0.5) is 0 Å². The number of hydrogen-bond donors (Lipinski definition) is 1. The molecular weight excluding hydrogens is 306 g/mol. The monoisotopic (exact) mass is 331 g/mol. The van der Waals surface area contributed by atoms with Crippen LogP contribution in [0.1, 0.15) is 32.9 Å². The Morgan fingerprint density at radius 2 is 2.08 bits per heavy atom. The molecular formula is C18H25N3O3. The summed E-state index contributed by atoms with van der Waals surface area (Å²) >= 11 is 0. The average molecular weight is 331 g/mol. The number of benzene rings is 1. The van der Waals surface area contributed by atoms with Gasteiger partial charge in [0.15, 0.2) is 0 Å². The molecule has 0 saturated heterocycles. The first-order valence-electron chi connectivity index (χ1n) is 7.95. The van der Waals surface area contributed by atoms with Crippen LogP contribution >= 0.6 is 0 Å². The van der Waals surface area contributed by atoms with Gasteiger partial charge >= 0.3 is 5.97 Å². The van der Waals surface area contributed by atoms with Gasteiger partial charge in [-0.3, -0.25) is 9.58 Å². The summed E-state index contributed by atoms with van der Waals surface area (Å²) < 4.78 is 7.11. The van der Waals surface area contributed by atoms with Crippen LogP contribution in [0, 0.1) is 13.8 Å². The van der Waals surface area contributed by atoms with E-state index in [4.69, 9.17) is 9.84 Å². The fourth-order valence-electron chi connectivity index (χ4n) is 2.77. The number of carboxylic acids is 1. The maximum atomic E-state index is 11.1. The topological polar surface area (TPSA) is 67.6 Å². The van der Waals surface area contributed by atoms with E-state index in [1.54, 1.807) is 25.3 Å². The van der Waals surface area contributed by atoms with Gasteiger partial charge in [-0.1, -0.05) is 12.1 Å². The second-order valence-corrected chi connectivity index (χ2v) is 5.98. The van der Waals surface area contributed by atoms with Gasteiger partial charge in [0, 0.05) is 45.0 Å². The number of aromatic carboxylic acids is 1. The van der Waals surface area contributed by atoms with Gasteiger partial charge in [-0.25, -0.2) is 4.79 Å². The molecule has 24 heavy (non-hydrogen) atoms. The standard InChI is InChI=1S/C18H25N3O3/c1-13-17(14(2)20(3)19-13)12-21(8-9-24-4)11-15-6-5-7-16(10-15)18(22)23/h5-7,10H,8-9,11-12H2,1-4H3,(H,22,23). The maximum Gasteiger partial charge on any atom is 0.335 e. The molecule has 0 amide bonds. The first-order valence-corrected chi connectivity index (χ1v) is 7.95. The normalized spacial score (nSPS) is 11.2. The molecule has 130 valence electrons. The average Bonchev–Trinajstić information content (AvgIpc) is 2.79. The highest BCUT2D eigenvalue weighted by atomic mass is 16.5.